The molecule has 0 saturated heterocycles. The molecule has 0 aromatic heterocycles. The normalized spacial score (nSPS) is 11.9. The summed E-state index contributed by atoms with van der Waals surface area (Å²) in [6.07, 6.45) is 1.97. The molecule has 1 amide bonds. The van der Waals surface area contributed by atoms with Crippen LogP contribution in [0.1, 0.15) is 36.5 Å². The number of carboxylic acid groups (broad SMARTS) is 1. The minimum absolute atomic E-state index is 0.0620. The highest BCUT2D eigenvalue weighted by atomic mass is 79.9. The Kier molecular flexibility index (Phi) is 5.82. The molecule has 0 saturated carbocycles. The van der Waals surface area contributed by atoms with E-state index in [2.05, 4.69) is 21.2 Å². The van der Waals surface area contributed by atoms with Gasteiger partial charge in [-0.05, 0) is 40.5 Å². The van der Waals surface area contributed by atoms with Crippen molar-refractivity contribution in [2.45, 2.75) is 32.2 Å². The number of carboxylic acids is 1. The Hall–Kier alpha value is -1.56. The van der Waals surface area contributed by atoms with E-state index in [1.54, 1.807) is 0 Å². The van der Waals surface area contributed by atoms with Crippen molar-refractivity contribution in [1.29, 1.82) is 0 Å². The van der Waals surface area contributed by atoms with Crippen LogP contribution in [0.4, 0.5) is 0 Å². The zero-order valence-electron chi connectivity index (χ0n) is 10.5. The van der Waals surface area contributed by atoms with E-state index in [4.69, 9.17) is 5.11 Å². The second-order valence-corrected chi connectivity index (χ2v) is 5.03. The summed E-state index contributed by atoms with van der Waals surface area (Å²) >= 11 is 3.11. The number of hydrogen-bond acceptors (Lipinski definition) is 3. The highest BCUT2D eigenvalue weighted by Crippen LogP contribution is 2.24. The number of nitrogens with one attached hydrogen (secondary N) is 1. The van der Waals surface area contributed by atoms with Gasteiger partial charge in [0.2, 0.25) is 0 Å². The van der Waals surface area contributed by atoms with Crippen molar-refractivity contribution in [3.63, 3.8) is 0 Å². The number of carbonyl (C=O) groups is 2. The number of aliphatic carboxylic acids is 1. The maximum Gasteiger partial charge on any atom is 0.326 e. The summed E-state index contributed by atoms with van der Waals surface area (Å²) in [5.41, 5.74) is 0.225. The number of aromatic hydroxyl groups is 1. The summed E-state index contributed by atoms with van der Waals surface area (Å²) in [5.74, 6) is -1.62. The van der Waals surface area contributed by atoms with E-state index in [0.717, 1.165) is 12.8 Å². The summed E-state index contributed by atoms with van der Waals surface area (Å²) in [6.45, 7) is 1.95. The van der Waals surface area contributed by atoms with Crippen LogP contribution in [0.3, 0.4) is 0 Å². The van der Waals surface area contributed by atoms with Crippen LogP contribution in [0.15, 0.2) is 22.7 Å². The van der Waals surface area contributed by atoms with E-state index in [0.29, 0.717) is 10.9 Å². The first-order valence-corrected chi connectivity index (χ1v) is 6.77. The molecule has 6 heteroatoms. The summed E-state index contributed by atoms with van der Waals surface area (Å²) in [5, 5.41) is 21.0. The van der Waals surface area contributed by atoms with Crippen molar-refractivity contribution in [2.24, 2.45) is 0 Å². The molecule has 0 aliphatic carbocycles. The van der Waals surface area contributed by atoms with Crippen molar-refractivity contribution < 1.29 is 19.8 Å². The molecule has 0 aliphatic heterocycles. The third-order valence-corrected chi connectivity index (χ3v) is 3.33. The van der Waals surface area contributed by atoms with Gasteiger partial charge in [0.05, 0.1) is 4.47 Å². The van der Waals surface area contributed by atoms with Crippen LogP contribution in [0.25, 0.3) is 0 Å². The smallest absolute Gasteiger partial charge is 0.326 e. The molecule has 3 N–H and O–H groups in total. The highest BCUT2D eigenvalue weighted by molar-refractivity contribution is 9.10. The van der Waals surface area contributed by atoms with Gasteiger partial charge in [-0.1, -0.05) is 19.8 Å². The van der Waals surface area contributed by atoms with E-state index in [9.17, 15) is 14.7 Å². The zero-order valence-corrected chi connectivity index (χ0v) is 12.1. The fraction of sp³-hybridized carbons (Fsp3) is 0.385. The lowest BCUT2D eigenvalue weighted by atomic mass is 10.1. The first-order valence-electron chi connectivity index (χ1n) is 5.98. The second-order valence-electron chi connectivity index (χ2n) is 4.17. The van der Waals surface area contributed by atoms with Crippen molar-refractivity contribution in [3.8, 4) is 5.75 Å². The van der Waals surface area contributed by atoms with Gasteiger partial charge < -0.3 is 15.5 Å². The van der Waals surface area contributed by atoms with Crippen molar-refractivity contribution in [3.05, 3.63) is 28.2 Å². The summed E-state index contributed by atoms with van der Waals surface area (Å²) in [7, 11) is 0. The number of phenolic OH excluding ortho intramolecular Hbond substituents is 1. The molecule has 1 unspecified atom stereocenters. The van der Waals surface area contributed by atoms with Gasteiger partial charge in [0.1, 0.15) is 11.8 Å². The molecule has 1 atom stereocenters. The maximum absolute atomic E-state index is 11.9. The molecule has 1 rings (SSSR count). The number of hydrogen-bond donors (Lipinski definition) is 3. The fourth-order valence-electron chi connectivity index (χ4n) is 1.56. The molecular weight excluding hydrogens is 314 g/mol. The topological polar surface area (TPSA) is 86.6 Å². The standard InChI is InChI=1S/C13H16BrNO4/c1-2-3-4-10(13(18)19)15-12(17)8-5-6-9(14)11(16)7-8/h5-7,10,16H,2-4H2,1H3,(H,15,17)(H,18,19). The molecule has 1 aromatic carbocycles. The Morgan fingerprint density at radius 3 is 2.63 bits per heavy atom. The van der Waals surface area contributed by atoms with Crippen molar-refractivity contribution >= 4 is 27.8 Å². The molecule has 0 fully saturated rings. The van der Waals surface area contributed by atoms with Crippen molar-refractivity contribution in [1.82, 2.24) is 5.32 Å². The third-order valence-electron chi connectivity index (χ3n) is 2.66. The van der Waals surface area contributed by atoms with Gasteiger partial charge in [-0.2, -0.15) is 0 Å². The van der Waals surface area contributed by atoms with E-state index in [1.807, 2.05) is 6.92 Å². The molecule has 104 valence electrons. The second kappa shape index (κ2) is 7.13. The Morgan fingerprint density at radius 2 is 2.11 bits per heavy atom. The quantitative estimate of drug-likeness (QED) is 0.748. The maximum atomic E-state index is 11.9. The van der Waals surface area contributed by atoms with Crippen LogP contribution in [0, 0.1) is 0 Å². The van der Waals surface area contributed by atoms with Gasteiger partial charge in [-0.25, -0.2) is 4.79 Å². The minimum Gasteiger partial charge on any atom is -0.507 e. The lowest BCUT2D eigenvalue weighted by Gasteiger charge is -2.14. The van der Waals surface area contributed by atoms with Gasteiger partial charge in [0.15, 0.2) is 0 Å². The number of phenols is 1. The molecule has 1 aromatic rings. The molecule has 0 radical (unpaired) electrons. The largest absolute Gasteiger partial charge is 0.507 e. The Bertz CT molecular complexity index is 476. The average molecular weight is 330 g/mol. The number of rotatable bonds is 6. The summed E-state index contributed by atoms with van der Waals surface area (Å²) < 4.78 is 0.477. The van der Waals surface area contributed by atoms with Crippen LogP contribution >= 0.6 is 15.9 Å². The number of unbranched alkanes of at least 4 members (excludes halogenated alkanes) is 1. The van der Waals surface area contributed by atoms with Crippen LogP contribution < -0.4 is 5.32 Å². The molecule has 0 spiro atoms. The monoisotopic (exact) mass is 329 g/mol. The van der Waals surface area contributed by atoms with E-state index >= 15 is 0 Å². The number of amides is 1. The number of halogens is 1. The lowest BCUT2D eigenvalue weighted by molar-refractivity contribution is -0.139. The van der Waals surface area contributed by atoms with Crippen LogP contribution in [-0.4, -0.2) is 28.1 Å². The molecular formula is C13H16BrNO4. The Labute approximate surface area is 119 Å². The van der Waals surface area contributed by atoms with Gasteiger partial charge in [0.25, 0.3) is 5.91 Å². The summed E-state index contributed by atoms with van der Waals surface area (Å²) in [4.78, 5) is 22.9. The van der Waals surface area contributed by atoms with Crippen LogP contribution in [0.5, 0.6) is 5.75 Å². The number of carbonyl (C=O) groups excluding carboxylic acids is 1. The molecule has 0 bridgehead atoms. The molecule has 0 heterocycles. The first kappa shape index (κ1) is 15.5. The van der Waals surface area contributed by atoms with E-state index in [1.165, 1.54) is 18.2 Å². The van der Waals surface area contributed by atoms with E-state index < -0.39 is 17.9 Å². The zero-order chi connectivity index (χ0) is 14.4. The van der Waals surface area contributed by atoms with Gasteiger partial charge >= 0.3 is 5.97 Å². The van der Waals surface area contributed by atoms with Gasteiger partial charge in [0, 0.05) is 5.56 Å². The molecule has 5 nitrogen and oxygen atoms in total. The highest BCUT2D eigenvalue weighted by Gasteiger charge is 2.20. The van der Waals surface area contributed by atoms with Crippen LogP contribution in [-0.2, 0) is 4.79 Å². The minimum atomic E-state index is -1.05. The first-order chi connectivity index (χ1) is 8.95. The molecule has 19 heavy (non-hydrogen) atoms. The Balaban J connectivity index is 2.75. The SMILES string of the molecule is CCCCC(NC(=O)c1ccc(Br)c(O)c1)C(=O)O. The van der Waals surface area contributed by atoms with Gasteiger partial charge in [-0.3, -0.25) is 4.79 Å². The predicted molar refractivity (Wildman–Crippen MR) is 74.2 cm³/mol. The van der Waals surface area contributed by atoms with Gasteiger partial charge in [-0.15, -0.1) is 0 Å². The average Bonchev–Trinajstić information content (AvgIpc) is 2.37. The Morgan fingerprint density at radius 1 is 1.42 bits per heavy atom. The van der Waals surface area contributed by atoms with Crippen LogP contribution in [0.2, 0.25) is 0 Å². The summed E-state index contributed by atoms with van der Waals surface area (Å²) in [6, 6.07) is 3.43. The lowest BCUT2D eigenvalue weighted by Crippen LogP contribution is -2.40. The van der Waals surface area contributed by atoms with E-state index in [-0.39, 0.29) is 11.3 Å². The third kappa shape index (κ3) is 4.55. The molecule has 0 aliphatic rings. The van der Waals surface area contributed by atoms with Crippen molar-refractivity contribution in [2.75, 3.05) is 0 Å². The fourth-order valence-corrected chi connectivity index (χ4v) is 1.81. The number of benzene rings is 1. The predicted octanol–water partition coefficient (Wildman–Crippen LogP) is 2.53.